The standard InChI is InChI=1S/C23H24N2O/c1-17-15-18(2)22(26)21(16-17)23-24(19-9-5-3-6-10-19)13-14-25(23)20-11-7-4-8-12-20/h3-12,15-16,23,26H,13-14H2,1-2H3. The Kier molecular flexibility index (Phi) is 4.29. The molecule has 1 aliphatic heterocycles. The highest BCUT2D eigenvalue weighted by Crippen LogP contribution is 2.41. The number of anilines is 2. The van der Waals surface area contributed by atoms with Crippen molar-refractivity contribution in [3.8, 4) is 5.75 Å². The van der Waals surface area contributed by atoms with Crippen molar-refractivity contribution in [2.45, 2.75) is 20.0 Å². The Bertz CT molecular complexity index is 845. The van der Waals surface area contributed by atoms with Crippen LogP contribution in [0.3, 0.4) is 0 Å². The molecule has 4 rings (SSSR count). The maximum absolute atomic E-state index is 10.9. The summed E-state index contributed by atoms with van der Waals surface area (Å²) < 4.78 is 0. The van der Waals surface area contributed by atoms with Gasteiger partial charge >= 0.3 is 0 Å². The minimum atomic E-state index is -0.0293. The average Bonchev–Trinajstić information content (AvgIpc) is 3.11. The lowest BCUT2D eigenvalue weighted by atomic mass is 10.0. The molecule has 1 saturated heterocycles. The van der Waals surface area contributed by atoms with Gasteiger partial charge in [0.2, 0.25) is 0 Å². The fourth-order valence-electron chi connectivity index (χ4n) is 3.93. The molecule has 0 bridgehead atoms. The van der Waals surface area contributed by atoms with Crippen LogP contribution < -0.4 is 9.80 Å². The first kappa shape index (κ1) is 16.5. The lowest BCUT2D eigenvalue weighted by molar-refractivity contribution is 0.457. The molecule has 3 aromatic carbocycles. The van der Waals surface area contributed by atoms with E-state index in [1.54, 1.807) is 0 Å². The van der Waals surface area contributed by atoms with Gasteiger partial charge in [-0.15, -0.1) is 0 Å². The van der Waals surface area contributed by atoms with Crippen LogP contribution >= 0.6 is 0 Å². The zero-order valence-corrected chi connectivity index (χ0v) is 15.3. The van der Waals surface area contributed by atoms with Gasteiger partial charge in [0.05, 0.1) is 0 Å². The van der Waals surface area contributed by atoms with E-state index in [1.807, 2.05) is 25.1 Å². The van der Waals surface area contributed by atoms with Gasteiger partial charge in [-0.1, -0.05) is 48.0 Å². The Morgan fingerprint density at radius 1 is 0.769 bits per heavy atom. The zero-order chi connectivity index (χ0) is 18.1. The SMILES string of the molecule is Cc1cc(C)c(O)c(C2N(c3ccccc3)CCN2c2ccccc2)c1. The molecule has 1 heterocycles. The number of nitrogens with zero attached hydrogens (tertiary/aromatic N) is 2. The number of benzene rings is 3. The van der Waals surface area contributed by atoms with E-state index in [9.17, 15) is 5.11 Å². The number of hydrogen-bond donors (Lipinski definition) is 1. The first-order valence-corrected chi connectivity index (χ1v) is 9.08. The molecular formula is C23H24N2O. The fraction of sp³-hybridized carbons (Fsp3) is 0.217. The molecule has 0 spiro atoms. The summed E-state index contributed by atoms with van der Waals surface area (Å²) in [4.78, 5) is 4.75. The molecule has 3 heteroatoms. The number of rotatable bonds is 3. The third-order valence-electron chi connectivity index (χ3n) is 5.10. The van der Waals surface area contributed by atoms with Crippen molar-refractivity contribution >= 4 is 11.4 Å². The van der Waals surface area contributed by atoms with Gasteiger partial charge in [0.1, 0.15) is 11.9 Å². The second-order valence-electron chi connectivity index (χ2n) is 6.95. The second kappa shape index (κ2) is 6.75. The first-order chi connectivity index (χ1) is 12.6. The van der Waals surface area contributed by atoms with Gasteiger partial charge < -0.3 is 14.9 Å². The van der Waals surface area contributed by atoms with Crippen molar-refractivity contribution in [2.75, 3.05) is 22.9 Å². The van der Waals surface area contributed by atoms with Crippen LogP contribution in [-0.4, -0.2) is 18.2 Å². The highest BCUT2D eigenvalue weighted by molar-refractivity contribution is 5.61. The fourth-order valence-corrected chi connectivity index (χ4v) is 3.93. The molecular weight excluding hydrogens is 320 g/mol. The zero-order valence-electron chi connectivity index (χ0n) is 15.3. The number of para-hydroxylation sites is 2. The van der Waals surface area contributed by atoms with Crippen LogP contribution in [0.2, 0.25) is 0 Å². The van der Waals surface area contributed by atoms with Gasteiger partial charge in [-0.3, -0.25) is 0 Å². The van der Waals surface area contributed by atoms with Crippen LogP contribution in [0.25, 0.3) is 0 Å². The predicted octanol–water partition coefficient (Wildman–Crippen LogP) is 5.03. The third-order valence-corrected chi connectivity index (χ3v) is 5.10. The summed E-state index contributed by atoms with van der Waals surface area (Å²) in [5.74, 6) is 0.393. The van der Waals surface area contributed by atoms with Crippen LogP contribution in [-0.2, 0) is 0 Å². The topological polar surface area (TPSA) is 26.7 Å². The maximum atomic E-state index is 10.9. The number of phenolic OH excluding ortho intramolecular Hbond substituents is 1. The Labute approximate surface area is 155 Å². The monoisotopic (exact) mass is 344 g/mol. The summed E-state index contributed by atoms with van der Waals surface area (Å²) in [6.45, 7) is 5.89. The van der Waals surface area contributed by atoms with E-state index in [2.05, 4.69) is 71.3 Å². The van der Waals surface area contributed by atoms with E-state index in [0.717, 1.165) is 24.2 Å². The van der Waals surface area contributed by atoms with Gasteiger partial charge in [-0.25, -0.2) is 0 Å². The molecule has 0 atom stereocenters. The molecule has 0 aliphatic carbocycles. The van der Waals surface area contributed by atoms with Crippen LogP contribution in [0.4, 0.5) is 11.4 Å². The Balaban J connectivity index is 1.85. The van der Waals surface area contributed by atoms with Crippen LogP contribution in [0.5, 0.6) is 5.75 Å². The van der Waals surface area contributed by atoms with Crippen LogP contribution in [0.15, 0.2) is 72.8 Å². The van der Waals surface area contributed by atoms with Gasteiger partial charge in [0.15, 0.2) is 0 Å². The summed E-state index contributed by atoms with van der Waals surface area (Å²) in [7, 11) is 0. The van der Waals surface area contributed by atoms with Gasteiger partial charge in [-0.05, 0) is 49.7 Å². The molecule has 0 aromatic heterocycles. The molecule has 0 saturated carbocycles. The van der Waals surface area contributed by atoms with Gasteiger partial charge in [0.25, 0.3) is 0 Å². The minimum absolute atomic E-state index is 0.0293. The smallest absolute Gasteiger partial charge is 0.132 e. The predicted molar refractivity (Wildman–Crippen MR) is 108 cm³/mol. The van der Waals surface area contributed by atoms with Crippen molar-refractivity contribution in [3.05, 3.63) is 89.5 Å². The highest BCUT2D eigenvalue weighted by Gasteiger charge is 2.35. The Hall–Kier alpha value is -2.94. The summed E-state index contributed by atoms with van der Waals surface area (Å²) in [5, 5.41) is 10.9. The lowest BCUT2D eigenvalue weighted by Gasteiger charge is -2.34. The van der Waals surface area contributed by atoms with Crippen molar-refractivity contribution in [1.29, 1.82) is 0 Å². The maximum Gasteiger partial charge on any atom is 0.132 e. The summed E-state index contributed by atoms with van der Waals surface area (Å²) in [6, 6.07) is 25.1. The highest BCUT2D eigenvalue weighted by atomic mass is 16.3. The Morgan fingerprint density at radius 2 is 1.27 bits per heavy atom. The molecule has 0 radical (unpaired) electrons. The molecule has 0 amide bonds. The van der Waals surface area contributed by atoms with Crippen LogP contribution in [0.1, 0.15) is 22.9 Å². The molecule has 1 aliphatic rings. The lowest BCUT2D eigenvalue weighted by Crippen LogP contribution is -2.31. The molecule has 0 unspecified atom stereocenters. The minimum Gasteiger partial charge on any atom is -0.507 e. The number of aromatic hydroxyl groups is 1. The normalized spacial score (nSPS) is 14.8. The Morgan fingerprint density at radius 3 is 1.77 bits per heavy atom. The van der Waals surface area contributed by atoms with Crippen molar-refractivity contribution < 1.29 is 5.11 Å². The van der Waals surface area contributed by atoms with Gasteiger partial charge in [-0.2, -0.15) is 0 Å². The average molecular weight is 344 g/mol. The van der Waals surface area contributed by atoms with Crippen molar-refractivity contribution in [1.82, 2.24) is 0 Å². The van der Waals surface area contributed by atoms with Crippen LogP contribution in [0, 0.1) is 13.8 Å². The molecule has 3 nitrogen and oxygen atoms in total. The van der Waals surface area contributed by atoms with E-state index in [-0.39, 0.29) is 6.17 Å². The third kappa shape index (κ3) is 2.90. The molecule has 26 heavy (non-hydrogen) atoms. The van der Waals surface area contributed by atoms with Crippen molar-refractivity contribution in [3.63, 3.8) is 0 Å². The summed E-state index contributed by atoms with van der Waals surface area (Å²) in [5.41, 5.74) is 5.41. The quantitative estimate of drug-likeness (QED) is 0.721. The number of phenols is 1. The molecule has 132 valence electrons. The molecule has 1 N–H and O–H groups in total. The largest absolute Gasteiger partial charge is 0.507 e. The first-order valence-electron chi connectivity index (χ1n) is 9.08. The second-order valence-corrected chi connectivity index (χ2v) is 6.95. The van der Waals surface area contributed by atoms with E-state index < -0.39 is 0 Å². The molecule has 1 fully saturated rings. The van der Waals surface area contributed by atoms with Gasteiger partial charge in [0, 0.05) is 30.0 Å². The van der Waals surface area contributed by atoms with E-state index in [0.29, 0.717) is 5.75 Å². The van der Waals surface area contributed by atoms with E-state index in [4.69, 9.17) is 0 Å². The number of hydrogen-bond acceptors (Lipinski definition) is 3. The number of aryl methyl sites for hydroxylation is 2. The van der Waals surface area contributed by atoms with E-state index in [1.165, 1.54) is 16.9 Å². The molecule has 3 aromatic rings. The van der Waals surface area contributed by atoms with E-state index >= 15 is 0 Å². The van der Waals surface area contributed by atoms with Crippen molar-refractivity contribution in [2.24, 2.45) is 0 Å². The summed E-state index contributed by atoms with van der Waals surface area (Å²) in [6.07, 6.45) is -0.0293. The summed E-state index contributed by atoms with van der Waals surface area (Å²) >= 11 is 0.